The van der Waals surface area contributed by atoms with Crippen LogP contribution in [0.25, 0.3) is 0 Å². The third kappa shape index (κ3) is 3.51. The average Bonchev–Trinajstić information content (AvgIpc) is 2.71. The van der Waals surface area contributed by atoms with E-state index in [-0.39, 0.29) is 0 Å². The fourth-order valence-electron chi connectivity index (χ4n) is 3.07. The van der Waals surface area contributed by atoms with Crippen molar-refractivity contribution in [3.8, 4) is 0 Å². The Labute approximate surface area is 121 Å². The summed E-state index contributed by atoms with van der Waals surface area (Å²) in [4.78, 5) is 5.06. The molecule has 0 spiro atoms. The number of para-hydroxylation sites is 1. The van der Waals surface area contributed by atoms with E-state index in [1.54, 1.807) is 0 Å². The first kappa shape index (κ1) is 13.9. The highest BCUT2D eigenvalue weighted by molar-refractivity contribution is 5.54. The smallest absolute Gasteiger partial charge is 0.0594 e. The van der Waals surface area contributed by atoms with Crippen LogP contribution in [0.1, 0.15) is 12.0 Å². The van der Waals surface area contributed by atoms with Crippen molar-refractivity contribution >= 4 is 5.69 Å². The van der Waals surface area contributed by atoms with E-state index in [1.807, 2.05) is 0 Å². The summed E-state index contributed by atoms with van der Waals surface area (Å²) < 4.78 is 5.40. The Kier molecular flexibility index (Phi) is 4.90. The van der Waals surface area contributed by atoms with Gasteiger partial charge in [-0.3, -0.25) is 4.90 Å². The molecule has 0 unspecified atom stereocenters. The molecule has 2 aliphatic heterocycles. The van der Waals surface area contributed by atoms with Gasteiger partial charge in [0.2, 0.25) is 0 Å². The van der Waals surface area contributed by atoms with Gasteiger partial charge in [-0.2, -0.15) is 0 Å². The fourth-order valence-corrected chi connectivity index (χ4v) is 3.07. The van der Waals surface area contributed by atoms with E-state index in [9.17, 15) is 0 Å². The zero-order valence-corrected chi connectivity index (χ0v) is 12.2. The second-order valence-electron chi connectivity index (χ2n) is 5.60. The number of ether oxygens (including phenoxy) is 1. The SMILES string of the molecule is c1ccc2c(c1)CNCCN2CCCN1CCOCC1. The van der Waals surface area contributed by atoms with Crippen molar-refractivity contribution in [2.45, 2.75) is 13.0 Å². The maximum atomic E-state index is 5.40. The molecule has 0 saturated carbocycles. The van der Waals surface area contributed by atoms with Crippen LogP contribution >= 0.6 is 0 Å². The molecule has 3 rings (SSSR count). The Hall–Kier alpha value is -1.10. The lowest BCUT2D eigenvalue weighted by molar-refractivity contribution is 0.0376. The molecule has 1 aromatic rings. The predicted molar refractivity (Wildman–Crippen MR) is 82.2 cm³/mol. The van der Waals surface area contributed by atoms with Gasteiger partial charge in [-0.15, -0.1) is 0 Å². The quantitative estimate of drug-likeness (QED) is 0.897. The summed E-state index contributed by atoms with van der Waals surface area (Å²) in [7, 11) is 0. The fraction of sp³-hybridized carbons (Fsp3) is 0.625. The third-order valence-corrected chi connectivity index (χ3v) is 4.21. The lowest BCUT2D eigenvalue weighted by Gasteiger charge is -2.29. The molecule has 0 atom stereocenters. The zero-order chi connectivity index (χ0) is 13.6. The Morgan fingerprint density at radius 1 is 1.05 bits per heavy atom. The topological polar surface area (TPSA) is 27.7 Å². The third-order valence-electron chi connectivity index (χ3n) is 4.21. The number of fused-ring (bicyclic) bond motifs is 1. The molecule has 1 saturated heterocycles. The van der Waals surface area contributed by atoms with Gasteiger partial charge in [0.05, 0.1) is 13.2 Å². The van der Waals surface area contributed by atoms with Crippen LogP contribution in [-0.4, -0.2) is 57.4 Å². The highest BCUT2D eigenvalue weighted by atomic mass is 16.5. The van der Waals surface area contributed by atoms with E-state index in [4.69, 9.17) is 4.74 Å². The molecule has 4 heteroatoms. The number of morpholine rings is 1. The molecule has 0 bridgehead atoms. The number of hydrogen-bond donors (Lipinski definition) is 1. The maximum absolute atomic E-state index is 5.40. The maximum Gasteiger partial charge on any atom is 0.0594 e. The van der Waals surface area contributed by atoms with Gasteiger partial charge in [-0.1, -0.05) is 18.2 Å². The Balaban J connectivity index is 1.54. The van der Waals surface area contributed by atoms with Gasteiger partial charge in [0.25, 0.3) is 0 Å². The molecular formula is C16H25N3O. The van der Waals surface area contributed by atoms with Crippen molar-refractivity contribution in [1.29, 1.82) is 0 Å². The van der Waals surface area contributed by atoms with Gasteiger partial charge >= 0.3 is 0 Å². The minimum atomic E-state index is 0.899. The molecule has 1 fully saturated rings. The number of rotatable bonds is 4. The first-order valence-electron chi connectivity index (χ1n) is 7.77. The minimum Gasteiger partial charge on any atom is -0.379 e. The van der Waals surface area contributed by atoms with Gasteiger partial charge in [-0.25, -0.2) is 0 Å². The normalized spacial score (nSPS) is 20.5. The number of anilines is 1. The number of nitrogens with one attached hydrogen (secondary N) is 1. The van der Waals surface area contributed by atoms with Crippen LogP contribution in [0, 0.1) is 0 Å². The second kappa shape index (κ2) is 7.07. The summed E-state index contributed by atoms with van der Waals surface area (Å²) in [6, 6.07) is 8.79. The van der Waals surface area contributed by atoms with Crippen LogP contribution < -0.4 is 10.2 Å². The number of benzene rings is 1. The van der Waals surface area contributed by atoms with Crippen LogP contribution in [-0.2, 0) is 11.3 Å². The number of hydrogen-bond acceptors (Lipinski definition) is 4. The monoisotopic (exact) mass is 275 g/mol. The van der Waals surface area contributed by atoms with Crippen LogP contribution in [0.15, 0.2) is 24.3 Å². The van der Waals surface area contributed by atoms with E-state index < -0.39 is 0 Å². The van der Waals surface area contributed by atoms with Crippen molar-refractivity contribution in [3.05, 3.63) is 29.8 Å². The van der Waals surface area contributed by atoms with Crippen molar-refractivity contribution in [1.82, 2.24) is 10.2 Å². The molecule has 1 N–H and O–H groups in total. The van der Waals surface area contributed by atoms with Crippen molar-refractivity contribution in [2.75, 3.05) is 57.4 Å². The van der Waals surface area contributed by atoms with Crippen molar-refractivity contribution < 1.29 is 4.74 Å². The highest BCUT2D eigenvalue weighted by Gasteiger charge is 2.15. The summed E-state index contributed by atoms with van der Waals surface area (Å²) in [5, 5.41) is 3.50. The second-order valence-corrected chi connectivity index (χ2v) is 5.60. The van der Waals surface area contributed by atoms with Crippen LogP contribution in [0.2, 0.25) is 0 Å². The van der Waals surface area contributed by atoms with E-state index in [2.05, 4.69) is 39.4 Å². The van der Waals surface area contributed by atoms with Crippen LogP contribution in [0.5, 0.6) is 0 Å². The lowest BCUT2D eigenvalue weighted by Crippen LogP contribution is -2.38. The molecule has 0 aliphatic carbocycles. The van der Waals surface area contributed by atoms with E-state index in [0.29, 0.717) is 0 Å². The van der Waals surface area contributed by atoms with Crippen molar-refractivity contribution in [2.24, 2.45) is 0 Å². The summed E-state index contributed by atoms with van der Waals surface area (Å²) in [5.41, 5.74) is 2.84. The summed E-state index contributed by atoms with van der Waals surface area (Å²) >= 11 is 0. The van der Waals surface area contributed by atoms with Crippen LogP contribution in [0.4, 0.5) is 5.69 Å². The number of nitrogens with zero attached hydrogens (tertiary/aromatic N) is 2. The van der Waals surface area contributed by atoms with Gasteiger partial charge in [0, 0.05) is 51.5 Å². The largest absolute Gasteiger partial charge is 0.379 e. The lowest BCUT2D eigenvalue weighted by atomic mass is 10.1. The van der Waals surface area contributed by atoms with Gasteiger partial charge in [-0.05, 0) is 18.1 Å². The van der Waals surface area contributed by atoms with E-state index in [1.165, 1.54) is 24.2 Å². The average molecular weight is 275 g/mol. The predicted octanol–water partition coefficient (Wildman–Crippen LogP) is 1.32. The molecule has 0 amide bonds. The molecule has 110 valence electrons. The summed E-state index contributed by atoms with van der Waals surface area (Å²) in [6.07, 6.45) is 1.23. The summed E-state index contributed by atoms with van der Waals surface area (Å²) in [5.74, 6) is 0. The van der Waals surface area contributed by atoms with E-state index >= 15 is 0 Å². The first-order valence-corrected chi connectivity index (χ1v) is 7.77. The highest BCUT2D eigenvalue weighted by Crippen LogP contribution is 2.22. The molecule has 0 radical (unpaired) electrons. The molecule has 2 heterocycles. The molecule has 0 aromatic heterocycles. The van der Waals surface area contributed by atoms with Gasteiger partial charge < -0.3 is 15.0 Å². The van der Waals surface area contributed by atoms with E-state index in [0.717, 1.165) is 52.5 Å². The Morgan fingerprint density at radius 3 is 2.80 bits per heavy atom. The molecule has 2 aliphatic rings. The van der Waals surface area contributed by atoms with Gasteiger partial charge in [0.15, 0.2) is 0 Å². The van der Waals surface area contributed by atoms with Crippen LogP contribution in [0.3, 0.4) is 0 Å². The standard InChI is InChI=1S/C16H25N3O/c1-2-5-16-15(4-1)14-17-6-9-19(16)8-3-7-18-10-12-20-13-11-18/h1-2,4-5,17H,3,6-14H2. The molecule has 4 nitrogen and oxygen atoms in total. The Morgan fingerprint density at radius 2 is 1.90 bits per heavy atom. The molecule has 1 aromatic carbocycles. The molecular weight excluding hydrogens is 250 g/mol. The zero-order valence-electron chi connectivity index (χ0n) is 12.2. The van der Waals surface area contributed by atoms with Gasteiger partial charge in [0.1, 0.15) is 0 Å². The first-order chi connectivity index (χ1) is 9.93. The Bertz CT molecular complexity index is 418. The van der Waals surface area contributed by atoms with Crippen molar-refractivity contribution in [3.63, 3.8) is 0 Å². The minimum absolute atomic E-state index is 0.899. The summed E-state index contributed by atoms with van der Waals surface area (Å²) in [6.45, 7) is 9.51. The molecule has 20 heavy (non-hydrogen) atoms.